The zero-order valence-corrected chi connectivity index (χ0v) is 24.5. The molecule has 1 spiro atoms. The van der Waals surface area contributed by atoms with E-state index in [9.17, 15) is 18.3 Å². The molecule has 0 aromatic heterocycles. The summed E-state index contributed by atoms with van der Waals surface area (Å²) in [6.07, 6.45) is 7.85. The number of sulfonamides is 1. The lowest BCUT2D eigenvalue weighted by Gasteiger charge is -2.44. The molecule has 1 heterocycles. The minimum atomic E-state index is -3.38. The maximum atomic E-state index is 11.8. The van der Waals surface area contributed by atoms with Crippen molar-refractivity contribution in [1.82, 2.24) is 0 Å². The number of rotatable bonds is 10. The van der Waals surface area contributed by atoms with Crippen LogP contribution in [0.5, 0.6) is 5.75 Å². The molecule has 3 aliphatic rings. The Kier molecular flexibility index (Phi) is 8.71. The Balaban J connectivity index is 1.33. The number of hydrogen-bond acceptors (Lipinski definition) is 6. The number of carboxylic acid groups (broad SMARTS) is 1. The van der Waals surface area contributed by atoms with E-state index in [4.69, 9.17) is 21.5 Å². The number of ether oxygens (including phenoxy) is 1. The van der Waals surface area contributed by atoms with E-state index >= 15 is 0 Å². The zero-order chi connectivity index (χ0) is 27.6. The van der Waals surface area contributed by atoms with Gasteiger partial charge in [0, 0.05) is 28.8 Å². The second-order valence-electron chi connectivity index (χ2n) is 11.3. The number of anilines is 1. The smallest absolute Gasteiger partial charge is 0.335 e. The normalized spacial score (nSPS) is 24.3. The number of thioether (sulfide) groups is 1. The first-order chi connectivity index (χ1) is 18.6. The van der Waals surface area contributed by atoms with Gasteiger partial charge in [0.2, 0.25) is 10.0 Å². The second-order valence-corrected chi connectivity index (χ2v) is 14.8. The molecule has 1 aliphatic heterocycles. The number of aromatic carboxylic acids is 1. The molecule has 39 heavy (non-hydrogen) atoms. The third-order valence-corrected chi connectivity index (χ3v) is 11.2. The lowest BCUT2D eigenvalue weighted by atomic mass is 9.70. The molecule has 3 atom stereocenters. The summed E-state index contributed by atoms with van der Waals surface area (Å²) < 4.78 is 28.7. The van der Waals surface area contributed by atoms with Gasteiger partial charge in [0.15, 0.2) is 0 Å². The Hall–Kier alpha value is -1.94. The highest BCUT2D eigenvalue weighted by molar-refractivity contribution is 7.99. The Bertz CT molecular complexity index is 1320. The van der Waals surface area contributed by atoms with Crippen LogP contribution in [-0.4, -0.2) is 55.9 Å². The van der Waals surface area contributed by atoms with Crippen molar-refractivity contribution < 1.29 is 23.1 Å². The summed E-state index contributed by atoms with van der Waals surface area (Å²) in [6.45, 7) is 2.19. The number of benzene rings is 2. The summed E-state index contributed by atoms with van der Waals surface area (Å²) in [5.74, 6) is 1.37. The summed E-state index contributed by atoms with van der Waals surface area (Å²) in [6, 6.07) is 11.4. The van der Waals surface area contributed by atoms with Gasteiger partial charge in [0.05, 0.1) is 23.6 Å². The van der Waals surface area contributed by atoms with E-state index in [1.54, 1.807) is 12.1 Å². The summed E-state index contributed by atoms with van der Waals surface area (Å²) in [7, 11) is -3.38. The quantitative estimate of drug-likeness (QED) is 0.351. The number of nitrogens with two attached hydrogens (primary N) is 1. The van der Waals surface area contributed by atoms with E-state index in [1.165, 1.54) is 17.5 Å². The van der Waals surface area contributed by atoms with Crippen molar-refractivity contribution in [2.24, 2.45) is 11.1 Å². The van der Waals surface area contributed by atoms with E-state index in [1.807, 2.05) is 23.9 Å². The van der Waals surface area contributed by atoms with Crippen molar-refractivity contribution in [3.05, 3.63) is 58.1 Å². The highest BCUT2D eigenvalue weighted by atomic mass is 35.5. The third kappa shape index (κ3) is 6.69. The molecule has 0 bridgehead atoms. The molecule has 1 saturated carbocycles. The molecular formula is C29H37ClN2O5S2. The van der Waals surface area contributed by atoms with Gasteiger partial charge in [0.25, 0.3) is 0 Å². The van der Waals surface area contributed by atoms with Crippen molar-refractivity contribution in [3.8, 4) is 5.75 Å². The topological polar surface area (TPSA) is 110 Å². The number of carbonyl (C=O) groups is 1. The van der Waals surface area contributed by atoms with Crippen molar-refractivity contribution in [1.29, 1.82) is 0 Å². The van der Waals surface area contributed by atoms with Crippen molar-refractivity contribution in [2.75, 3.05) is 36.1 Å². The van der Waals surface area contributed by atoms with Crippen LogP contribution in [0, 0.1) is 5.92 Å². The van der Waals surface area contributed by atoms with Crippen LogP contribution in [0.3, 0.4) is 0 Å². The number of primary sulfonamides is 1. The number of fused-ring (bicyclic) bond motifs is 3. The van der Waals surface area contributed by atoms with E-state index in [0.29, 0.717) is 24.2 Å². The molecule has 0 radical (unpaired) electrons. The first-order valence-corrected chi connectivity index (χ1v) is 16.9. The van der Waals surface area contributed by atoms with E-state index in [2.05, 4.69) is 17.0 Å². The van der Waals surface area contributed by atoms with Crippen LogP contribution in [0.2, 0.25) is 5.02 Å². The van der Waals surface area contributed by atoms with Crippen LogP contribution >= 0.6 is 23.4 Å². The number of hydrogen-bond donors (Lipinski definition) is 2. The lowest BCUT2D eigenvalue weighted by molar-refractivity contribution is 0.0697. The number of nitrogens with zero attached hydrogens (tertiary/aromatic N) is 1. The van der Waals surface area contributed by atoms with Gasteiger partial charge in [-0.2, -0.15) is 11.8 Å². The Morgan fingerprint density at radius 3 is 2.77 bits per heavy atom. The number of carboxylic acids is 1. The van der Waals surface area contributed by atoms with Gasteiger partial charge in [-0.05, 0) is 98.1 Å². The molecular weight excluding hydrogens is 556 g/mol. The molecule has 5 rings (SSSR count). The van der Waals surface area contributed by atoms with Gasteiger partial charge in [0.1, 0.15) is 5.75 Å². The van der Waals surface area contributed by atoms with Crippen LogP contribution in [0.15, 0.2) is 36.4 Å². The first-order valence-electron chi connectivity index (χ1n) is 13.8. The van der Waals surface area contributed by atoms with Crippen LogP contribution in [0.4, 0.5) is 5.69 Å². The standard InChI is InChI=1S/C29H37ClN2O5S2/c30-23-8-9-24-20(15-23)5-4-12-29(24)18-32(25-16-21(28(33)34)6-10-26(25)37-19-29)17-22-7-11-27(22)38-13-2-1-3-14-39(31,35)36/h6,8-10,15-16,22,27H,1-5,7,11-14,17-19H2,(H,33,34)(H2,31,35,36)/t22-,27+,29?/m0/s1. The van der Waals surface area contributed by atoms with Gasteiger partial charge < -0.3 is 14.7 Å². The SMILES string of the molecule is NS(=O)(=O)CCCCCS[C@@H]1CC[C@H]1CN1CC2(CCCc3cc(Cl)ccc32)COc2ccc(C(=O)O)cc21. The van der Waals surface area contributed by atoms with E-state index < -0.39 is 16.0 Å². The summed E-state index contributed by atoms with van der Waals surface area (Å²) in [5.41, 5.74) is 3.54. The number of unbranched alkanes of at least 4 members (excludes halogenated alkanes) is 2. The van der Waals surface area contributed by atoms with Crippen molar-refractivity contribution >= 4 is 45.0 Å². The molecule has 1 unspecified atom stereocenters. The second kappa shape index (κ2) is 11.9. The Morgan fingerprint density at radius 1 is 1.18 bits per heavy atom. The molecule has 0 amide bonds. The minimum absolute atomic E-state index is 0.0512. The molecule has 10 heteroatoms. The maximum absolute atomic E-state index is 11.8. The average Bonchev–Trinajstić information content (AvgIpc) is 3.02. The molecule has 1 fully saturated rings. The molecule has 3 N–H and O–H groups in total. The van der Waals surface area contributed by atoms with Crippen LogP contribution in [-0.2, 0) is 21.9 Å². The van der Waals surface area contributed by atoms with Crippen LogP contribution in [0.25, 0.3) is 0 Å². The predicted molar refractivity (Wildman–Crippen MR) is 158 cm³/mol. The minimum Gasteiger partial charge on any atom is -0.490 e. The predicted octanol–water partition coefficient (Wildman–Crippen LogP) is 5.48. The number of aryl methyl sites for hydroxylation is 1. The molecule has 7 nitrogen and oxygen atoms in total. The fourth-order valence-corrected chi connectivity index (χ4v) is 8.59. The first kappa shape index (κ1) is 28.6. The zero-order valence-electron chi connectivity index (χ0n) is 22.1. The van der Waals surface area contributed by atoms with E-state index in [0.717, 1.165) is 73.8 Å². The van der Waals surface area contributed by atoms with Gasteiger partial charge in [-0.3, -0.25) is 0 Å². The fraction of sp³-hybridized carbons (Fsp3) is 0.552. The van der Waals surface area contributed by atoms with Crippen molar-refractivity contribution in [2.45, 2.75) is 62.0 Å². The number of halogens is 1. The van der Waals surface area contributed by atoms with Gasteiger partial charge in [-0.15, -0.1) is 0 Å². The maximum Gasteiger partial charge on any atom is 0.335 e. The van der Waals surface area contributed by atoms with Gasteiger partial charge in [-0.25, -0.2) is 18.4 Å². The van der Waals surface area contributed by atoms with Crippen LogP contribution in [0.1, 0.15) is 66.4 Å². The highest BCUT2D eigenvalue weighted by Gasteiger charge is 2.43. The molecule has 0 saturated heterocycles. The Morgan fingerprint density at radius 2 is 2.03 bits per heavy atom. The highest BCUT2D eigenvalue weighted by Crippen LogP contribution is 2.46. The monoisotopic (exact) mass is 592 g/mol. The van der Waals surface area contributed by atoms with Gasteiger partial charge >= 0.3 is 5.97 Å². The van der Waals surface area contributed by atoms with Gasteiger partial charge in [-0.1, -0.05) is 24.1 Å². The third-order valence-electron chi connectivity index (χ3n) is 8.49. The molecule has 2 aromatic rings. The van der Waals surface area contributed by atoms with Crippen LogP contribution < -0.4 is 14.8 Å². The summed E-state index contributed by atoms with van der Waals surface area (Å²) >= 11 is 8.34. The summed E-state index contributed by atoms with van der Waals surface area (Å²) in [5, 5.41) is 16.1. The largest absolute Gasteiger partial charge is 0.490 e. The lowest BCUT2D eigenvalue weighted by Crippen LogP contribution is -2.49. The molecule has 2 aromatic carbocycles. The molecule has 212 valence electrons. The fourth-order valence-electron chi connectivity index (χ4n) is 6.31. The van der Waals surface area contributed by atoms with Crippen molar-refractivity contribution in [3.63, 3.8) is 0 Å². The molecule has 2 aliphatic carbocycles. The average molecular weight is 593 g/mol. The van der Waals surface area contributed by atoms with E-state index in [-0.39, 0.29) is 16.7 Å². The Labute approximate surface area is 240 Å². The summed E-state index contributed by atoms with van der Waals surface area (Å²) in [4.78, 5) is 14.2.